The van der Waals surface area contributed by atoms with Crippen molar-refractivity contribution < 1.29 is 37.4 Å². The molecule has 0 atom stereocenters. The molecule has 0 unspecified atom stereocenters. The number of rotatable bonds is 4. The van der Waals surface area contributed by atoms with Crippen molar-refractivity contribution in [3.8, 4) is 5.75 Å². The van der Waals surface area contributed by atoms with Gasteiger partial charge in [0, 0.05) is 5.56 Å². The van der Waals surface area contributed by atoms with Gasteiger partial charge in [-0.3, -0.25) is 10.1 Å². The van der Waals surface area contributed by atoms with Crippen LogP contribution < -0.4 is 10.1 Å². The zero-order valence-corrected chi connectivity index (χ0v) is 13.1. The second kappa shape index (κ2) is 7.41. The molecule has 1 amide bonds. The first-order valence-corrected chi connectivity index (χ1v) is 7.35. The molecule has 7 nitrogen and oxygen atoms in total. The van der Waals surface area contributed by atoms with Crippen molar-refractivity contribution in [3.05, 3.63) is 29.3 Å². The molecule has 0 saturated heterocycles. The highest BCUT2D eigenvalue weighted by atomic mass is 19.4. The number of benzene rings is 1. The fourth-order valence-electron chi connectivity index (χ4n) is 2.17. The second-order valence-corrected chi connectivity index (χ2v) is 5.19. The lowest BCUT2D eigenvalue weighted by Gasteiger charge is -2.13. The van der Waals surface area contributed by atoms with Gasteiger partial charge in [-0.1, -0.05) is 11.2 Å². The van der Waals surface area contributed by atoms with E-state index >= 15 is 0 Å². The van der Waals surface area contributed by atoms with Gasteiger partial charge in [0.2, 0.25) is 0 Å². The van der Waals surface area contributed by atoms with E-state index in [1.54, 1.807) is 0 Å². The predicted molar refractivity (Wildman–Crippen MR) is 78.4 cm³/mol. The van der Waals surface area contributed by atoms with Crippen LogP contribution in [0, 0.1) is 0 Å². The summed E-state index contributed by atoms with van der Waals surface area (Å²) in [5.41, 5.74) is 0.419. The van der Waals surface area contributed by atoms with Crippen molar-refractivity contribution in [1.29, 1.82) is 0 Å². The number of halogens is 3. The van der Waals surface area contributed by atoms with Gasteiger partial charge in [-0.2, -0.15) is 0 Å². The topological polar surface area (TPSA) is 97.2 Å². The standard InChI is InChI=1S/C15H15F3N2O5/c1-2-24-14(22)12(20-23)19-13(21)11-7-9(25-15(16,17)18)5-6-10(11)8-3-4-8/h5-8,23H,2-4H2,1H3,(H,19,20,21). The van der Waals surface area contributed by atoms with Gasteiger partial charge in [0.05, 0.1) is 6.61 Å². The van der Waals surface area contributed by atoms with Crippen LogP contribution in [0.1, 0.15) is 41.6 Å². The number of amidine groups is 1. The number of alkyl halides is 3. The summed E-state index contributed by atoms with van der Waals surface area (Å²) in [7, 11) is 0. The second-order valence-electron chi connectivity index (χ2n) is 5.19. The van der Waals surface area contributed by atoms with E-state index in [-0.39, 0.29) is 18.1 Å². The van der Waals surface area contributed by atoms with Crippen molar-refractivity contribution in [2.75, 3.05) is 6.61 Å². The Morgan fingerprint density at radius 1 is 1.36 bits per heavy atom. The average Bonchev–Trinajstić information content (AvgIpc) is 3.35. The predicted octanol–water partition coefficient (Wildman–Crippen LogP) is 2.54. The normalized spacial score (nSPS) is 14.8. The van der Waals surface area contributed by atoms with E-state index in [2.05, 4.69) is 14.6 Å². The molecular formula is C15H15F3N2O5. The maximum absolute atomic E-state index is 12.4. The molecule has 10 heteroatoms. The number of esters is 1. The molecule has 2 N–H and O–H groups in total. The van der Waals surface area contributed by atoms with E-state index in [1.165, 1.54) is 13.0 Å². The molecule has 2 rings (SSSR count). The maximum Gasteiger partial charge on any atom is 0.573 e. The number of hydrogen-bond donors (Lipinski definition) is 2. The summed E-state index contributed by atoms with van der Waals surface area (Å²) in [6, 6.07) is 3.41. The Kier molecular flexibility index (Phi) is 5.50. The molecule has 0 heterocycles. The van der Waals surface area contributed by atoms with Gasteiger partial charge in [-0.05, 0) is 43.4 Å². The van der Waals surface area contributed by atoms with Crippen LogP contribution in [0.25, 0.3) is 0 Å². The molecule has 1 saturated carbocycles. The first-order valence-electron chi connectivity index (χ1n) is 7.35. The summed E-state index contributed by atoms with van der Waals surface area (Å²) >= 11 is 0. The number of oxime groups is 1. The van der Waals surface area contributed by atoms with Gasteiger partial charge in [-0.25, -0.2) is 4.79 Å². The summed E-state index contributed by atoms with van der Waals surface area (Å²) in [6.45, 7) is 1.49. The zero-order chi connectivity index (χ0) is 18.6. The number of carbonyl (C=O) groups excluding carboxylic acids is 2. The third-order valence-electron chi connectivity index (χ3n) is 3.32. The molecule has 136 valence electrons. The van der Waals surface area contributed by atoms with Crippen molar-refractivity contribution in [3.63, 3.8) is 0 Å². The highest BCUT2D eigenvalue weighted by molar-refractivity contribution is 6.38. The quantitative estimate of drug-likeness (QED) is 0.283. The molecule has 0 bridgehead atoms. The highest BCUT2D eigenvalue weighted by Gasteiger charge is 2.33. The van der Waals surface area contributed by atoms with Crippen LogP contribution in [-0.2, 0) is 9.53 Å². The number of hydrogen-bond acceptors (Lipinski definition) is 6. The maximum atomic E-state index is 12.4. The van der Waals surface area contributed by atoms with E-state index in [1.807, 2.05) is 5.32 Å². The molecule has 25 heavy (non-hydrogen) atoms. The first-order chi connectivity index (χ1) is 11.7. The van der Waals surface area contributed by atoms with E-state index in [0.717, 1.165) is 25.0 Å². The Balaban J connectivity index is 2.26. The van der Waals surface area contributed by atoms with E-state index in [9.17, 15) is 22.8 Å². The van der Waals surface area contributed by atoms with Crippen molar-refractivity contribution in [2.45, 2.75) is 32.0 Å². The minimum absolute atomic E-state index is 0.0179. The van der Waals surface area contributed by atoms with E-state index in [4.69, 9.17) is 5.21 Å². The Bertz CT molecular complexity index is 699. The van der Waals surface area contributed by atoms with Crippen LogP contribution in [0.5, 0.6) is 5.75 Å². The minimum atomic E-state index is -4.91. The van der Waals surface area contributed by atoms with Crippen LogP contribution in [0.3, 0.4) is 0 Å². The van der Waals surface area contributed by atoms with Crippen LogP contribution in [0.15, 0.2) is 23.4 Å². The lowest BCUT2D eigenvalue weighted by Crippen LogP contribution is -2.37. The molecule has 0 aromatic heterocycles. The van der Waals surface area contributed by atoms with Crippen molar-refractivity contribution in [2.24, 2.45) is 5.16 Å². The zero-order valence-electron chi connectivity index (χ0n) is 13.1. The third kappa shape index (κ3) is 5.10. The summed E-state index contributed by atoms with van der Waals surface area (Å²) in [5, 5.41) is 13.5. The molecule has 1 aliphatic carbocycles. The molecule has 0 aliphatic heterocycles. The number of nitrogens with one attached hydrogen (secondary N) is 1. The Hall–Kier alpha value is -2.78. The lowest BCUT2D eigenvalue weighted by molar-refractivity contribution is -0.274. The summed E-state index contributed by atoms with van der Waals surface area (Å²) in [6.07, 6.45) is -3.32. The lowest BCUT2D eigenvalue weighted by atomic mass is 10.0. The largest absolute Gasteiger partial charge is 0.573 e. The number of ether oxygens (including phenoxy) is 2. The molecule has 1 aliphatic rings. The fraction of sp³-hybridized carbons (Fsp3) is 0.400. The minimum Gasteiger partial charge on any atom is -0.460 e. The number of amides is 1. The summed E-state index contributed by atoms with van der Waals surface area (Å²) in [4.78, 5) is 23.9. The van der Waals surface area contributed by atoms with Crippen LogP contribution >= 0.6 is 0 Å². The van der Waals surface area contributed by atoms with Gasteiger partial charge in [-0.15, -0.1) is 13.2 Å². The Morgan fingerprint density at radius 2 is 2.04 bits per heavy atom. The molecular weight excluding hydrogens is 345 g/mol. The smallest absolute Gasteiger partial charge is 0.460 e. The SMILES string of the molecule is CCOC(=O)/C(=N/O)NC(=O)c1cc(OC(F)(F)F)ccc1C1CC1. The molecule has 0 spiro atoms. The Labute approximate surface area is 140 Å². The van der Waals surface area contributed by atoms with Crippen LogP contribution in [-0.4, -0.2) is 35.9 Å². The van der Waals surface area contributed by atoms with Gasteiger partial charge in [0.15, 0.2) is 0 Å². The van der Waals surface area contributed by atoms with Crippen LogP contribution in [0.2, 0.25) is 0 Å². The Morgan fingerprint density at radius 3 is 2.56 bits per heavy atom. The van der Waals surface area contributed by atoms with E-state index < -0.39 is 29.8 Å². The molecule has 1 fully saturated rings. The monoisotopic (exact) mass is 360 g/mol. The van der Waals surface area contributed by atoms with Gasteiger partial charge in [0.25, 0.3) is 11.7 Å². The van der Waals surface area contributed by atoms with Gasteiger partial charge >= 0.3 is 12.3 Å². The van der Waals surface area contributed by atoms with Gasteiger partial charge < -0.3 is 14.7 Å². The fourth-order valence-corrected chi connectivity index (χ4v) is 2.17. The molecule has 0 radical (unpaired) electrons. The summed E-state index contributed by atoms with van der Waals surface area (Å²) in [5.74, 6) is -3.28. The third-order valence-corrected chi connectivity index (χ3v) is 3.32. The van der Waals surface area contributed by atoms with Crippen LogP contribution in [0.4, 0.5) is 13.2 Å². The number of carbonyl (C=O) groups is 2. The molecule has 1 aromatic rings. The summed E-state index contributed by atoms with van der Waals surface area (Å²) < 4.78 is 45.5. The highest BCUT2D eigenvalue weighted by Crippen LogP contribution is 2.42. The van der Waals surface area contributed by atoms with Gasteiger partial charge in [0.1, 0.15) is 5.75 Å². The number of nitrogens with zero attached hydrogens (tertiary/aromatic N) is 1. The first kappa shape index (κ1) is 18.6. The average molecular weight is 360 g/mol. The van der Waals surface area contributed by atoms with Crippen molar-refractivity contribution >= 4 is 17.7 Å². The van der Waals surface area contributed by atoms with Crippen molar-refractivity contribution in [1.82, 2.24) is 5.32 Å². The molecule has 1 aromatic carbocycles. The van der Waals surface area contributed by atoms with E-state index in [0.29, 0.717) is 5.56 Å².